The molecule has 0 fully saturated rings. The minimum absolute atomic E-state index is 0.101. The van der Waals surface area contributed by atoms with Crippen LogP contribution in [0, 0.1) is 28.0 Å². The van der Waals surface area contributed by atoms with Crippen molar-refractivity contribution in [3.63, 3.8) is 0 Å². The fourth-order valence-electron chi connectivity index (χ4n) is 2.94. The molecule has 150 valence electrons. The van der Waals surface area contributed by atoms with Gasteiger partial charge in [0.05, 0.1) is 17.5 Å². The van der Waals surface area contributed by atoms with Crippen LogP contribution in [-0.4, -0.2) is 19.9 Å². The lowest BCUT2D eigenvalue weighted by atomic mass is 10.2. The molecular formula is C20H12ClFN4OS3. The highest BCUT2D eigenvalue weighted by Crippen LogP contribution is 2.28. The summed E-state index contributed by atoms with van der Waals surface area (Å²) >= 11 is 14.0. The maximum atomic E-state index is 13.4. The van der Waals surface area contributed by atoms with E-state index in [4.69, 9.17) is 29.1 Å². The summed E-state index contributed by atoms with van der Waals surface area (Å²) < 4.78 is 17.3. The van der Waals surface area contributed by atoms with Crippen LogP contribution in [0.25, 0.3) is 21.7 Å². The van der Waals surface area contributed by atoms with Crippen molar-refractivity contribution >= 4 is 57.3 Å². The van der Waals surface area contributed by atoms with Crippen molar-refractivity contribution in [1.29, 1.82) is 5.26 Å². The van der Waals surface area contributed by atoms with Gasteiger partial charge in [0.2, 0.25) is 0 Å². The second-order valence-electron chi connectivity index (χ2n) is 6.25. The van der Waals surface area contributed by atoms with Gasteiger partial charge in [-0.25, -0.2) is 9.37 Å². The Balaban J connectivity index is 2.04. The number of hydrogen-bond donors (Lipinski definition) is 0. The molecule has 4 rings (SSSR count). The third kappa shape index (κ3) is 3.68. The summed E-state index contributed by atoms with van der Waals surface area (Å²) in [6.45, 7) is 1.88. The lowest BCUT2D eigenvalue weighted by Gasteiger charge is -2.12. The maximum Gasteiger partial charge on any atom is 0.278 e. The van der Waals surface area contributed by atoms with Gasteiger partial charge in [0.15, 0.2) is 14.8 Å². The molecule has 0 spiro atoms. The van der Waals surface area contributed by atoms with Gasteiger partial charge >= 0.3 is 0 Å². The van der Waals surface area contributed by atoms with E-state index in [2.05, 4.69) is 4.98 Å². The molecule has 0 atom stereocenters. The van der Waals surface area contributed by atoms with Crippen molar-refractivity contribution in [3.8, 4) is 17.4 Å². The molecule has 0 unspecified atom stereocenters. The van der Waals surface area contributed by atoms with Gasteiger partial charge < -0.3 is 0 Å². The molecule has 0 saturated carbocycles. The highest BCUT2D eigenvalue weighted by molar-refractivity contribution is 7.99. The minimum atomic E-state index is -0.410. The molecule has 0 aliphatic rings. The summed E-state index contributed by atoms with van der Waals surface area (Å²) in [6.07, 6.45) is 0. The van der Waals surface area contributed by atoms with Crippen LogP contribution in [0.5, 0.6) is 0 Å². The Bertz CT molecular complexity index is 1430. The van der Waals surface area contributed by atoms with Crippen LogP contribution < -0.4 is 5.56 Å². The number of fused-ring (bicyclic) bond motifs is 1. The minimum Gasteiger partial charge on any atom is -0.275 e. The Morgan fingerprint density at radius 3 is 2.60 bits per heavy atom. The number of aromatic nitrogens is 3. The molecule has 2 heterocycles. The number of benzene rings is 2. The van der Waals surface area contributed by atoms with Gasteiger partial charge in [0.1, 0.15) is 10.5 Å². The van der Waals surface area contributed by atoms with Crippen LogP contribution in [0.2, 0.25) is 5.02 Å². The number of halogens is 2. The zero-order chi connectivity index (χ0) is 21.4. The van der Waals surface area contributed by atoms with Crippen LogP contribution >= 0.6 is 46.9 Å². The summed E-state index contributed by atoms with van der Waals surface area (Å²) in [5.41, 5.74) is 2.16. The lowest BCUT2D eigenvalue weighted by molar-refractivity contribution is 0.627. The van der Waals surface area contributed by atoms with E-state index in [9.17, 15) is 9.18 Å². The molecule has 30 heavy (non-hydrogen) atoms. The highest BCUT2D eigenvalue weighted by Gasteiger charge is 2.19. The first-order valence-electron chi connectivity index (χ1n) is 8.61. The van der Waals surface area contributed by atoms with Crippen molar-refractivity contribution < 1.29 is 4.39 Å². The fourth-order valence-corrected chi connectivity index (χ4v) is 5.03. The van der Waals surface area contributed by atoms with E-state index in [0.717, 1.165) is 34.3 Å². The first-order valence-corrected chi connectivity index (χ1v) is 11.2. The summed E-state index contributed by atoms with van der Waals surface area (Å²) in [6, 6.07) is 13.0. The van der Waals surface area contributed by atoms with Crippen LogP contribution in [0.4, 0.5) is 4.39 Å². The number of nitriles is 1. The quantitative estimate of drug-likeness (QED) is 0.216. The number of hydrogen-bond acceptors (Lipinski definition) is 6. The standard InChI is InChI=1S/C20H12ClFN4OS3/c1-11-10-14(6-7-15(11)21)25-17-16(30-20(25)28)18(27)26(19(24-17)29-9-8-23)13-4-2-12(22)3-5-13/h2-7,10H,9H2,1H3. The smallest absolute Gasteiger partial charge is 0.275 e. The summed E-state index contributed by atoms with van der Waals surface area (Å²) in [7, 11) is 0. The number of thiazole rings is 1. The number of thioether (sulfide) groups is 1. The average Bonchev–Trinajstić information content (AvgIpc) is 3.06. The third-order valence-corrected chi connectivity index (χ3v) is 6.91. The average molecular weight is 475 g/mol. The third-order valence-electron chi connectivity index (χ3n) is 4.33. The SMILES string of the molecule is Cc1cc(-n2c(=S)sc3c(=O)n(-c4ccc(F)cc4)c(SCC#N)nc32)ccc1Cl. The summed E-state index contributed by atoms with van der Waals surface area (Å²) in [5.74, 6) is -0.309. The fraction of sp³-hybridized carbons (Fsp3) is 0.100. The highest BCUT2D eigenvalue weighted by atomic mass is 35.5. The van der Waals surface area contributed by atoms with E-state index in [1.807, 2.05) is 25.1 Å². The Morgan fingerprint density at radius 1 is 1.23 bits per heavy atom. The van der Waals surface area contributed by atoms with Crippen molar-refractivity contribution in [2.75, 3.05) is 5.75 Å². The predicted octanol–water partition coefficient (Wildman–Crippen LogP) is 5.68. The maximum absolute atomic E-state index is 13.4. The monoisotopic (exact) mass is 474 g/mol. The molecule has 0 aliphatic carbocycles. The molecule has 0 amide bonds. The topological polar surface area (TPSA) is 63.6 Å². The molecule has 2 aromatic carbocycles. The second-order valence-corrected chi connectivity index (χ2v) is 9.24. The van der Waals surface area contributed by atoms with Crippen molar-refractivity contribution in [3.05, 3.63) is 73.2 Å². The van der Waals surface area contributed by atoms with Crippen molar-refractivity contribution in [2.45, 2.75) is 12.1 Å². The van der Waals surface area contributed by atoms with Gasteiger partial charge in [-0.05, 0) is 67.2 Å². The van der Waals surface area contributed by atoms with E-state index < -0.39 is 5.82 Å². The first kappa shape index (κ1) is 20.8. The molecule has 10 heteroatoms. The van der Waals surface area contributed by atoms with E-state index in [1.54, 1.807) is 10.6 Å². The lowest BCUT2D eigenvalue weighted by Crippen LogP contribution is -2.21. The van der Waals surface area contributed by atoms with E-state index >= 15 is 0 Å². The van der Waals surface area contributed by atoms with E-state index in [-0.39, 0.29) is 11.3 Å². The van der Waals surface area contributed by atoms with Gasteiger partial charge in [0, 0.05) is 10.7 Å². The first-order chi connectivity index (χ1) is 14.4. The summed E-state index contributed by atoms with van der Waals surface area (Å²) in [5, 5.41) is 9.99. The molecule has 2 aromatic heterocycles. The second kappa shape index (κ2) is 8.32. The molecule has 0 radical (unpaired) electrons. The van der Waals surface area contributed by atoms with Crippen molar-refractivity contribution in [2.24, 2.45) is 0 Å². The predicted molar refractivity (Wildman–Crippen MR) is 121 cm³/mol. The van der Waals surface area contributed by atoms with E-state index in [1.165, 1.54) is 28.8 Å². The van der Waals surface area contributed by atoms with E-state index in [0.29, 0.717) is 30.2 Å². The van der Waals surface area contributed by atoms with Gasteiger partial charge in [0.25, 0.3) is 5.56 Å². The van der Waals surface area contributed by atoms with Gasteiger partial charge in [-0.15, -0.1) is 0 Å². The molecule has 0 bridgehead atoms. The molecule has 0 aliphatic heterocycles. The Labute approximate surface area is 189 Å². The van der Waals surface area contributed by atoms with Crippen molar-refractivity contribution in [1.82, 2.24) is 14.1 Å². The number of nitrogens with zero attached hydrogens (tertiary/aromatic N) is 4. The molecule has 0 N–H and O–H groups in total. The Kier molecular flexibility index (Phi) is 5.75. The van der Waals surface area contributed by atoms with Crippen LogP contribution in [0.1, 0.15) is 5.56 Å². The van der Waals surface area contributed by atoms with Crippen LogP contribution in [-0.2, 0) is 0 Å². The molecule has 0 saturated heterocycles. The zero-order valence-electron chi connectivity index (χ0n) is 15.4. The zero-order valence-corrected chi connectivity index (χ0v) is 18.6. The normalized spacial score (nSPS) is 11.0. The molecular weight excluding hydrogens is 463 g/mol. The van der Waals surface area contributed by atoms with Crippen LogP contribution in [0.3, 0.4) is 0 Å². The summed E-state index contributed by atoms with van der Waals surface area (Å²) in [4.78, 5) is 18.1. The number of aryl methyl sites for hydroxylation is 1. The molecule has 5 nitrogen and oxygen atoms in total. The largest absolute Gasteiger partial charge is 0.278 e. The van der Waals surface area contributed by atoms with Crippen LogP contribution in [0.15, 0.2) is 52.4 Å². The molecule has 4 aromatic rings. The Morgan fingerprint density at radius 2 is 1.93 bits per heavy atom. The van der Waals surface area contributed by atoms with Gasteiger partial charge in [-0.1, -0.05) is 34.7 Å². The Hall–Kier alpha value is -2.51. The van der Waals surface area contributed by atoms with Gasteiger partial charge in [-0.3, -0.25) is 13.9 Å². The number of rotatable bonds is 4. The van der Waals surface area contributed by atoms with Gasteiger partial charge in [-0.2, -0.15) is 5.26 Å².